The highest BCUT2D eigenvalue weighted by atomic mass is 19.1. The van der Waals surface area contributed by atoms with Crippen LogP contribution in [0.1, 0.15) is 25.0 Å². The Morgan fingerprint density at radius 2 is 2.25 bits per heavy atom. The van der Waals surface area contributed by atoms with Crippen molar-refractivity contribution in [2.45, 2.75) is 25.9 Å². The summed E-state index contributed by atoms with van der Waals surface area (Å²) in [6.45, 7) is 6.70. The maximum atomic E-state index is 14.1. The molecule has 2 rings (SSSR count). The van der Waals surface area contributed by atoms with Gasteiger partial charge in [-0.15, -0.1) is 0 Å². The Bertz CT molecular complexity index is 531. The van der Waals surface area contributed by atoms with E-state index in [-0.39, 0.29) is 18.0 Å². The van der Waals surface area contributed by atoms with E-state index in [1.54, 1.807) is 12.1 Å². The summed E-state index contributed by atoms with van der Waals surface area (Å²) < 4.78 is 19.6. The number of hydrogen-bond donors (Lipinski definition) is 1. The maximum absolute atomic E-state index is 14.1. The van der Waals surface area contributed by atoms with Gasteiger partial charge in [0.2, 0.25) is 0 Å². The minimum absolute atomic E-state index is 0.0833. The van der Waals surface area contributed by atoms with Gasteiger partial charge in [0.05, 0.1) is 13.2 Å². The molecule has 1 aromatic rings. The van der Waals surface area contributed by atoms with Crippen molar-refractivity contribution in [1.82, 2.24) is 4.90 Å². The fourth-order valence-electron chi connectivity index (χ4n) is 2.28. The summed E-state index contributed by atoms with van der Waals surface area (Å²) in [6.07, 6.45) is 0. The van der Waals surface area contributed by atoms with E-state index < -0.39 is 0 Å². The molecule has 108 valence electrons. The van der Waals surface area contributed by atoms with Crippen molar-refractivity contribution < 1.29 is 14.2 Å². The smallest absolute Gasteiger partial charge is 0.128 e. The number of nitrogens with zero attached hydrogens (tertiary/aromatic N) is 1. The second kappa shape index (κ2) is 6.36. The average Bonchev–Trinajstić information content (AvgIpc) is 2.41. The second-order valence-corrected chi connectivity index (χ2v) is 5.55. The van der Waals surface area contributed by atoms with E-state index in [0.717, 1.165) is 6.54 Å². The normalized spacial score (nSPS) is 18.4. The van der Waals surface area contributed by atoms with Gasteiger partial charge in [-0.2, -0.15) is 0 Å². The number of aliphatic hydroxyl groups is 1. The third-order valence-corrected chi connectivity index (χ3v) is 3.54. The zero-order valence-corrected chi connectivity index (χ0v) is 11.9. The van der Waals surface area contributed by atoms with E-state index in [1.165, 1.54) is 6.07 Å². The van der Waals surface area contributed by atoms with Gasteiger partial charge in [-0.05, 0) is 26.0 Å². The lowest BCUT2D eigenvalue weighted by Crippen LogP contribution is -2.52. The van der Waals surface area contributed by atoms with Gasteiger partial charge >= 0.3 is 0 Å². The Morgan fingerprint density at radius 1 is 1.45 bits per heavy atom. The van der Waals surface area contributed by atoms with E-state index >= 15 is 0 Å². The SMILES string of the molecule is CC1(C)COCCN1Cc1ccc(C#CCO)cc1F. The summed E-state index contributed by atoms with van der Waals surface area (Å²) in [5.41, 5.74) is 1.16. The maximum Gasteiger partial charge on any atom is 0.128 e. The number of benzene rings is 1. The summed E-state index contributed by atoms with van der Waals surface area (Å²) in [5.74, 6) is 4.97. The molecule has 0 amide bonds. The van der Waals surface area contributed by atoms with Gasteiger partial charge in [0.1, 0.15) is 12.4 Å². The molecule has 1 saturated heterocycles. The van der Waals surface area contributed by atoms with Crippen LogP contribution in [0, 0.1) is 17.7 Å². The van der Waals surface area contributed by atoms with Crippen LogP contribution in [0.3, 0.4) is 0 Å². The van der Waals surface area contributed by atoms with E-state index in [2.05, 4.69) is 30.6 Å². The molecule has 4 heteroatoms. The molecule has 0 aliphatic carbocycles. The molecule has 0 unspecified atom stereocenters. The molecule has 1 N–H and O–H groups in total. The summed E-state index contributed by atoms with van der Waals surface area (Å²) in [6, 6.07) is 4.97. The average molecular weight is 277 g/mol. The van der Waals surface area contributed by atoms with Gasteiger partial charge < -0.3 is 9.84 Å². The molecule has 0 atom stereocenters. The standard InChI is InChI=1S/C16H20FNO2/c1-16(2)12-20-9-7-18(16)11-14-6-5-13(4-3-8-19)10-15(14)17/h5-6,10,19H,7-9,11-12H2,1-2H3. The van der Waals surface area contributed by atoms with E-state index in [9.17, 15) is 4.39 Å². The molecular formula is C16H20FNO2. The van der Waals surface area contributed by atoms with Crippen molar-refractivity contribution in [3.8, 4) is 11.8 Å². The molecule has 0 saturated carbocycles. The largest absolute Gasteiger partial charge is 0.384 e. The summed E-state index contributed by atoms with van der Waals surface area (Å²) in [4.78, 5) is 2.23. The summed E-state index contributed by atoms with van der Waals surface area (Å²) >= 11 is 0. The minimum atomic E-state index is -0.253. The Morgan fingerprint density at radius 3 is 2.90 bits per heavy atom. The fraction of sp³-hybridized carbons (Fsp3) is 0.500. The van der Waals surface area contributed by atoms with Crippen LogP contribution in [0.4, 0.5) is 4.39 Å². The van der Waals surface area contributed by atoms with Crippen molar-refractivity contribution >= 4 is 0 Å². The van der Waals surface area contributed by atoms with Crippen LogP contribution in [-0.4, -0.2) is 41.9 Å². The minimum Gasteiger partial charge on any atom is -0.384 e. The van der Waals surface area contributed by atoms with Crippen LogP contribution < -0.4 is 0 Å². The predicted octanol–water partition coefficient (Wildman–Crippen LogP) is 1.78. The van der Waals surface area contributed by atoms with Crippen molar-refractivity contribution in [2.75, 3.05) is 26.4 Å². The first-order valence-electron chi connectivity index (χ1n) is 6.74. The Hall–Kier alpha value is -1.41. The van der Waals surface area contributed by atoms with Gasteiger partial charge in [-0.3, -0.25) is 4.90 Å². The molecule has 1 aromatic carbocycles. The molecule has 1 heterocycles. The number of aliphatic hydroxyl groups excluding tert-OH is 1. The van der Waals surface area contributed by atoms with Gasteiger partial charge in [-0.25, -0.2) is 4.39 Å². The van der Waals surface area contributed by atoms with Crippen molar-refractivity contribution in [2.24, 2.45) is 0 Å². The first-order valence-corrected chi connectivity index (χ1v) is 6.74. The van der Waals surface area contributed by atoms with Crippen LogP contribution in [0.25, 0.3) is 0 Å². The molecule has 0 bridgehead atoms. The van der Waals surface area contributed by atoms with E-state index in [4.69, 9.17) is 9.84 Å². The van der Waals surface area contributed by atoms with Crippen LogP contribution in [0.15, 0.2) is 18.2 Å². The Labute approximate surface area is 119 Å². The molecule has 0 aromatic heterocycles. The van der Waals surface area contributed by atoms with Crippen molar-refractivity contribution in [3.05, 3.63) is 35.1 Å². The summed E-state index contributed by atoms with van der Waals surface area (Å²) in [7, 11) is 0. The highest BCUT2D eigenvalue weighted by Gasteiger charge is 2.30. The zero-order valence-electron chi connectivity index (χ0n) is 11.9. The van der Waals surface area contributed by atoms with Gasteiger partial charge in [0, 0.05) is 29.8 Å². The van der Waals surface area contributed by atoms with Gasteiger partial charge in [0.15, 0.2) is 0 Å². The van der Waals surface area contributed by atoms with Crippen LogP contribution in [-0.2, 0) is 11.3 Å². The first kappa shape index (κ1) is 15.0. The summed E-state index contributed by atoms with van der Waals surface area (Å²) in [5, 5.41) is 8.64. The quantitative estimate of drug-likeness (QED) is 0.836. The molecule has 1 fully saturated rings. The molecule has 1 aliphatic heterocycles. The molecule has 0 radical (unpaired) electrons. The third-order valence-electron chi connectivity index (χ3n) is 3.54. The van der Waals surface area contributed by atoms with E-state index in [1.807, 2.05) is 0 Å². The number of morpholine rings is 1. The predicted molar refractivity (Wildman–Crippen MR) is 75.7 cm³/mol. The highest BCUT2D eigenvalue weighted by Crippen LogP contribution is 2.23. The number of hydrogen-bond acceptors (Lipinski definition) is 3. The van der Waals surface area contributed by atoms with Crippen LogP contribution in [0.2, 0.25) is 0 Å². The van der Waals surface area contributed by atoms with Crippen molar-refractivity contribution in [1.29, 1.82) is 0 Å². The molecule has 0 spiro atoms. The Kier molecular flexibility index (Phi) is 4.77. The lowest BCUT2D eigenvalue weighted by molar-refractivity contribution is -0.0556. The van der Waals surface area contributed by atoms with Crippen LogP contribution in [0.5, 0.6) is 0 Å². The first-order chi connectivity index (χ1) is 9.53. The van der Waals surface area contributed by atoms with Crippen molar-refractivity contribution in [3.63, 3.8) is 0 Å². The molecule has 3 nitrogen and oxygen atoms in total. The monoisotopic (exact) mass is 277 g/mol. The van der Waals surface area contributed by atoms with E-state index in [0.29, 0.717) is 30.9 Å². The van der Waals surface area contributed by atoms with Gasteiger partial charge in [-0.1, -0.05) is 17.9 Å². The zero-order chi connectivity index (χ0) is 14.6. The lowest BCUT2D eigenvalue weighted by atomic mass is 10.0. The molecule has 20 heavy (non-hydrogen) atoms. The number of ether oxygens (including phenoxy) is 1. The van der Waals surface area contributed by atoms with Gasteiger partial charge in [0.25, 0.3) is 0 Å². The highest BCUT2D eigenvalue weighted by molar-refractivity contribution is 5.37. The topological polar surface area (TPSA) is 32.7 Å². The fourth-order valence-corrected chi connectivity index (χ4v) is 2.28. The number of halogens is 1. The molecular weight excluding hydrogens is 257 g/mol. The third kappa shape index (κ3) is 3.57. The lowest BCUT2D eigenvalue weighted by Gasteiger charge is -2.42. The molecule has 1 aliphatic rings. The Balaban J connectivity index is 2.13. The second-order valence-electron chi connectivity index (χ2n) is 5.55. The number of rotatable bonds is 2. The van der Waals surface area contributed by atoms with Crippen LogP contribution >= 0.6 is 0 Å².